The average molecular weight is 504 g/mol. The molecule has 2 heterocycles. The Labute approximate surface area is 211 Å². The number of anilines is 1. The number of rotatable bonds is 5. The first-order valence-corrected chi connectivity index (χ1v) is 11.5. The Kier molecular flexibility index (Phi) is 5.89. The molecule has 1 unspecified atom stereocenters. The number of aromatic amines is 1. The van der Waals surface area contributed by atoms with Crippen LogP contribution in [-0.2, 0) is 9.59 Å². The first-order valence-electron chi connectivity index (χ1n) is 11.1. The van der Waals surface area contributed by atoms with Crippen LogP contribution in [0.25, 0.3) is 16.8 Å². The third-order valence-corrected chi connectivity index (χ3v) is 6.44. The number of carbonyl (C=O) groups is 2. The van der Waals surface area contributed by atoms with E-state index in [0.29, 0.717) is 11.1 Å². The lowest BCUT2D eigenvalue weighted by Gasteiger charge is -2.23. The molecule has 9 heteroatoms. The van der Waals surface area contributed by atoms with Crippen molar-refractivity contribution in [1.82, 2.24) is 9.97 Å². The number of nitrogens with zero attached hydrogens (tertiary/aromatic N) is 2. The zero-order valence-corrected chi connectivity index (χ0v) is 20.5. The van der Waals surface area contributed by atoms with E-state index in [4.69, 9.17) is 21.1 Å². The Morgan fingerprint density at radius 2 is 1.75 bits per heavy atom. The SMILES string of the molecule is COc1cc(/C(O)=C2\C(=O)C(=O)N(c3nc4ccc(C)cc4[nH]3)C2c2ccccc2)c(OC)cc1Cl. The van der Waals surface area contributed by atoms with E-state index in [-0.39, 0.29) is 33.6 Å². The van der Waals surface area contributed by atoms with Gasteiger partial charge >= 0.3 is 5.91 Å². The predicted molar refractivity (Wildman–Crippen MR) is 137 cm³/mol. The van der Waals surface area contributed by atoms with E-state index in [9.17, 15) is 14.7 Å². The van der Waals surface area contributed by atoms with Crippen LogP contribution in [0.15, 0.2) is 66.2 Å². The number of nitrogens with one attached hydrogen (secondary N) is 1. The average Bonchev–Trinajstić information content (AvgIpc) is 3.41. The molecule has 182 valence electrons. The lowest BCUT2D eigenvalue weighted by molar-refractivity contribution is -0.132. The van der Waals surface area contributed by atoms with Gasteiger partial charge in [0.1, 0.15) is 17.3 Å². The number of hydrogen-bond acceptors (Lipinski definition) is 6. The second-order valence-electron chi connectivity index (χ2n) is 8.35. The van der Waals surface area contributed by atoms with Gasteiger partial charge in [0.2, 0.25) is 5.95 Å². The third-order valence-electron chi connectivity index (χ3n) is 6.14. The van der Waals surface area contributed by atoms with Gasteiger partial charge < -0.3 is 19.6 Å². The number of ether oxygens (including phenoxy) is 2. The molecule has 3 aromatic carbocycles. The summed E-state index contributed by atoms with van der Waals surface area (Å²) in [6.45, 7) is 1.95. The smallest absolute Gasteiger partial charge is 0.302 e. The van der Waals surface area contributed by atoms with Crippen LogP contribution in [0, 0.1) is 6.92 Å². The normalized spacial score (nSPS) is 17.1. The van der Waals surface area contributed by atoms with Crippen molar-refractivity contribution in [2.45, 2.75) is 13.0 Å². The van der Waals surface area contributed by atoms with Crippen molar-refractivity contribution in [3.8, 4) is 11.5 Å². The van der Waals surface area contributed by atoms with Crippen molar-refractivity contribution >= 4 is 46.0 Å². The monoisotopic (exact) mass is 503 g/mol. The van der Waals surface area contributed by atoms with Gasteiger partial charge in [-0.1, -0.05) is 48.0 Å². The number of aliphatic hydroxyl groups excluding tert-OH is 1. The van der Waals surface area contributed by atoms with Crippen LogP contribution in [0.4, 0.5) is 5.95 Å². The van der Waals surface area contributed by atoms with Gasteiger partial charge in [-0.15, -0.1) is 0 Å². The van der Waals surface area contributed by atoms with E-state index < -0.39 is 23.5 Å². The van der Waals surface area contributed by atoms with E-state index in [1.54, 1.807) is 24.3 Å². The molecule has 0 aliphatic carbocycles. The molecular weight excluding hydrogens is 482 g/mol. The molecular formula is C27H22ClN3O5. The van der Waals surface area contributed by atoms with Crippen molar-refractivity contribution < 1.29 is 24.2 Å². The fourth-order valence-corrected chi connectivity index (χ4v) is 4.65. The summed E-state index contributed by atoms with van der Waals surface area (Å²) in [5.41, 5.74) is 3.07. The number of benzene rings is 3. The summed E-state index contributed by atoms with van der Waals surface area (Å²) in [6, 6.07) is 16.6. The number of methoxy groups -OCH3 is 2. The first kappa shape index (κ1) is 23.4. The number of Topliss-reactive ketones (excluding diaryl/α,β-unsaturated/α-hetero) is 1. The number of imidazole rings is 1. The first-order chi connectivity index (χ1) is 17.3. The Morgan fingerprint density at radius 1 is 1.03 bits per heavy atom. The zero-order chi connectivity index (χ0) is 25.6. The van der Waals surface area contributed by atoms with Crippen LogP contribution in [0.2, 0.25) is 5.02 Å². The summed E-state index contributed by atoms with van der Waals surface area (Å²) < 4.78 is 10.7. The van der Waals surface area contributed by atoms with Gasteiger partial charge in [0.05, 0.1) is 47.5 Å². The topological polar surface area (TPSA) is 105 Å². The lowest BCUT2D eigenvalue weighted by atomic mass is 9.95. The Hall–Kier alpha value is -4.30. The van der Waals surface area contributed by atoms with Crippen LogP contribution >= 0.6 is 11.6 Å². The van der Waals surface area contributed by atoms with Crippen LogP contribution in [0.5, 0.6) is 11.5 Å². The fourth-order valence-electron chi connectivity index (χ4n) is 4.42. The number of H-pyrrole nitrogens is 1. The van der Waals surface area contributed by atoms with E-state index in [2.05, 4.69) is 9.97 Å². The highest BCUT2D eigenvalue weighted by atomic mass is 35.5. The van der Waals surface area contributed by atoms with Gasteiger partial charge in [-0.3, -0.25) is 14.5 Å². The molecule has 1 atom stereocenters. The summed E-state index contributed by atoms with van der Waals surface area (Å²) in [7, 11) is 2.85. The maximum absolute atomic E-state index is 13.4. The molecule has 8 nitrogen and oxygen atoms in total. The molecule has 4 aromatic rings. The second kappa shape index (κ2) is 9.05. The molecule has 1 saturated heterocycles. The van der Waals surface area contributed by atoms with Crippen LogP contribution in [0.3, 0.4) is 0 Å². The number of carbonyl (C=O) groups excluding carboxylic acids is 2. The largest absolute Gasteiger partial charge is 0.507 e. The summed E-state index contributed by atoms with van der Waals surface area (Å²) in [6.07, 6.45) is 0. The lowest BCUT2D eigenvalue weighted by Crippen LogP contribution is -2.30. The van der Waals surface area contributed by atoms with Crippen molar-refractivity contribution in [2.24, 2.45) is 0 Å². The quantitative estimate of drug-likeness (QED) is 0.221. The van der Waals surface area contributed by atoms with Crippen molar-refractivity contribution in [3.63, 3.8) is 0 Å². The number of hydrogen-bond donors (Lipinski definition) is 2. The second-order valence-corrected chi connectivity index (χ2v) is 8.76. The minimum absolute atomic E-state index is 0.106. The number of ketones is 1. The van der Waals surface area contributed by atoms with Crippen LogP contribution in [-0.4, -0.2) is 41.0 Å². The standard InChI is InChI=1S/C27H22ClN3O5/c1-14-9-10-18-19(11-14)30-27(29-18)31-23(15-7-5-4-6-8-15)22(25(33)26(31)34)24(32)16-12-21(36-3)17(28)13-20(16)35-2/h4-13,23,32H,1-3H3,(H,29,30)/b24-22+. The van der Waals surface area contributed by atoms with Gasteiger partial charge in [-0.2, -0.15) is 0 Å². The molecule has 0 spiro atoms. The maximum atomic E-state index is 13.4. The number of halogens is 1. The number of amides is 1. The minimum atomic E-state index is -0.945. The van der Waals surface area contributed by atoms with E-state index in [1.807, 2.05) is 31.2 Å². The van der Waals surface area contributed by atoms with Crippen molar-refractivity contribution in [3.05, 3.63) is 87.9 Å². The van der Waals surface area contributed by atoms with E-state index in [0.717, 1.165) is 11.1 Å². The highest BCUT2D eigenvalue weighted by molar-refractivity contribution is 6.51. The highest BCUT2D eigenvalue weighted by Crippen LogP contribution is 2.44. The maximum Gasteiger partial charge on any atom is 0.302 e. The summed E-state index contributed by atoms with van der Waals surface area (Å²) in [5, 5.41) is 11.7. The van der Waals surface area contributed by atoms with Crippen LogP contribution < -0.4 is 14.4 Å². The molecule has 1 aliphatic rings. The number of aliphatic hydroxyl groups is 1. The zero-order valence-electron chi connectivity index (χ0n) is 19.7. The van der Waals surface area contributed by atoms with Gasteiger partial charge in [0, 0.05) is 6.07 Å². The molecule has 2 N–H and O–H groups in total. The summed E-state index contributed by atoms with van der Waals surface area (Å²) in [4.78, 5) is 35.8. The number of aromatic nitrogens is 2. The van der Waals surface area contributed by atoms with E-state index >= 15 is 0 Å². The Morgan fingerprint density at radius 3 is 2.44 bits per heavy atom. The Balaban J connectivity index is 1.76. The van der Waals surface area contributed by atoms with Gasteiger partial charge in [-0.25, -0.2) is 4.98 Å². The molecule has 1 aliphatic heterocycles. The molecule has 1 aromatic heterocycles. The van der Waals surface area contributed by atoms with Gasteiger partial charge in [0.15, 0.2) is 0 Å². The summed E-state index contributed by atoms with van der Waals surface area (Å²) >= 11 is 6.23. The third kappa shape index (κ3) is 3.76. The van der Waals surface area contributed by atoms with Gasteiger partial charge in [-0.05, 0) is 36.2 Å². The molecule has 1 fully saturated rings. The molecule has 0 bridgehead atoms. The molecule has 5 rings (SSSR count). The molecule has 0 radical (unpaired) electrons. The van der Waals surface area contributed by atoms with Crippen molar-refractivity contribution in [2.75, 3.05) is 19.1 Å². The molecule has 1 amide bonds. The minimum Gasteiger partial charge on any atom is -0.507 e. The molecule has 0 saturated carbocycles. The Bertz CT molecular complexity index is 1540. The van der Waals surface area contributed by atoms with Gasteiger partial charge in [0.25, 0.3) is 5.78 Å². The fraction of sp³-hybridized carbons (Fsp3) is 0.148. The predicted octanol–water partition coefficient (Wildman–Crippen LogP) is 5.17. The summed E-state index contributed by atoms with van der Waals surface area (Å²) in [5.74, 6) is -1.39. The highest BCUT2D eigenvalue weighted by Gasteiger charge is 2.48. The number of fused-ring (bicyclic) bond motifs is 1. The van der Waals surface area contributed by atoms with E-state index in [1.165, 1.54) is 31.3 Å². The number of aryl methyl sites for hydroxylation is 1. The van der Waals surface area contributed by atoms with Crippen molar-refractivity contribution in [1.29, 1.82) is 0 Å². The molecule has 36 heavy (non-hydrogen) atoms. The van der Waals surface area contributed by atoms with Crippen LogP contribution in [0.1, 0.15) is 22.7 Å².